The molecular formula is C14H23N. The third-order valence-corrected chi connectivity index (χ3v) is 3.03. The molecule has 0 aliphatic rings. The molecule has 0 aliphatic carbocycles. The van der Waals surface area contributed by atoms with Crippen molar-refractivity contribution in [3.63, 3.8) is 0 Å². The average molecular weight is 205 g/mol. The van der Waals surface area contributed by atoms with Gasteiger partial charge < -0.3 is 5.32 Å². The van der Waals surface area contributed by atoms with E-state index in [9.17, 15) is 0 Å². The van der Waals surface area contributed by atoms with Crippen LogP contribution in [0.4, 0.5) is 0 Å². The Morgan fingerprint density at radius 3 is 2.20 bits per heavy atom. The Morgan fingerprint density at radius 2 is 1.73 bits per heavy atom. The van der Waals surface area contributed by atoms with Gasteiger partial charge in [-0.05, 0) is 44.3 Å². The van der Waals surface area contributed by atoms with Crippen molar-refractivity contribution in [2.45, 2.75) is 27.2 Å². The van der Waals surface area contributed by atoms with Gasteiger partial charge in [-0.2, -0.15) is 0 Å². The fourth-order valence-corrected chi connectivity index (χ4v) is 1.83. The van der Waals surface area contributed by atoms with Gasteiger partial charge in [-0.3, -0.25) is 0 Å². The van der Waals surface area contributed by atoms with Gasteiger partial charge >= 0.3 is 0 Å². The highest BCUT2D eigenvalue weighted by Gasteiger charge is 2.12. The van der Waals surface area contributed by atoms with Crippen molar-refractivity contribution in [1.29, 1.82) is 0 Å². The number of hydrogen-bond acceptors (Lipinski definition) is 1. The summed E-state index contributed by atoms with van der Waals surface area (Å²) in [5.74, 6) is 1.47. The second-order valence-electron chi connectivity index (χ2n) is 4.75. The zero-order valence-electron chi connectivity index (χ0n) is 10.4. The SMILES string of the molecule is CNCC(Cc1ccc(C)cc1)C(C)C. The van der Waals surface area contributed by atoms with Crippen LogP contribution in [-0.2, 0) is 6.42 Å². The third kappa shape index (κ3) is 4.05. The number of rotatable bonds is 5. The van der Waals surface area contributed by atoms with Gasteiger partial charge in [0.05, 0.1) is 0 Å². The maximum Gasteiger partial charge on any atom is -0.00179 e. The fourth-order valence-electron chi connectivity index (χ4n) is 1.83. The molecule has 0 heterocycles. The summed E-state index contributed by atoms with van der Waals surface area (Å²) in [4.78, 5) is 0. The first-order chi connectivity index (χ1) is 7.13. The van der Waals surface area contributed by atoms with Crippen LogP contribution in [0.1, 0.15) is 25.0 Å². The predicted octanol–water partition coefficient (Wildman–Crippen LogP) is 3.03. The Labute approximate surface area is 93.9 Å². The topological polar surface area (TPSA) is 12.0 Å². The van der Waals surface area contributed by atoms with Crippen molar-refractivity contribution in [1.82, 2.24) is 5.32 Å². The minimum atomic E-state index is 0.734. The number of aryl methyl sites for hydroxylation is 1. The van der Waals surface area contributed by atoms with Crippen LogP contribution in [0.15, 0.2) is 24.3 Å². The average Bonchev–Trinajstić information content (AvgIpc) is 2.20. The summed E-state index contributed by atoms with van der Waals surface area (Å²) in [7, 11) is 2.03. The summed E-state index contributed by atoms with van der Waals surface area (Å²) in [6, 6.07) is 8.90. The zero-order chi connectivity index (χ0) is 11.3. The Bertz CT molecular complexity index is 274. The lowest BCUT2D eigenvalue weighted by molar-refractivity contribution is 0.370. The molecule has 0 saturated heterocycles. The van der Waals surface area contributed by atoms with E-state index in [4.69, 9.17) is 0 Å². The van der Waals surface area contributed by atoms with Crippen LogP contribution in [0.5, 0.6) is 0 Å². The molecule has 15 heavy (non-hydrogen) atoms. The quantitative estimate of drug-likeness (QED) is 0.779. The van der Waals surface area contributed by atoms with Gasteiger partial charge in [0.15, 0.2) is 0 Å². The Morgan fingerprint density at radius 1 is 1.13 bits per heavy atom. The Balaban J connectivity index is 2.61. The highest BCUT2D eigenvalue weighted by Crippen LogP contribution is 2.16. The van der Waals surface area contributed by atoms with Crippen molar-refractivity contribution in [3.05, 3.63) is 35.4 Å². The summed E-state index contributed by atoms with van der Waals surface area (Å²) in [6.45, 7) is 7.84. The van der Waals surface area contributed by atoms with E-state index in [2.05, 4.69) is 50.4 Å². The van der Waals surface area contributed by atoms with Gasteiger partial charge in [0, 0.05) is 0 Å². The first-order valence-corrected chi connectivity index (χ1v) is 5.83. The molecule has 1 heteroatoms. The third-order valence-electron chi connectivity index (χ3n) is 3.03. The van der Waals surface area contributed by atoms with E-state index in [0.717, 1.165) is 18.4 Å². The van der Waals surface area contributed by atoms with Crippen LogP contribution >= 0.6 is 0 Å². The molecule has 0 radical (unpaired) electrons. The van der Waals surface area contributed by atoms with Crippen LogP contribution in [0.3, 0.4) is 0 Å². The Kier molecular flexibility index (Phi) is 4.83. The summed E-state index contributed by atoms with van der Waals surface area (Å²) in [6.07, 6.45) is 1.18. The number of hydrogen-bond donors (Lipinski definition) is 1. The summed E-state index contributed by atoms with van der Waals surface area (Å²) in [5.41, 5.74) is 2.79. The molecule has 1 unspecified atom stereocenters. The van der Waals surface area contributed by atoms with E-state index < -0.39 is 0 Å². The lowest BCUT2D eigenvalue weighted by atomic mass is 9.89. The van der Waals surface area contributed by atoms with Crippen LogP contribution in [0.2, 0.25) is 0 Å². The molecular weight excluding hydrogens is 182 g/mol. The molecule has 0 aromatic heterocycles. The lowest BCUT2D eigenvalue weighted by Gasteiger charge is -2.20. The van der Waals surface area contributed by atoms with E-state index in [1.807, 2.05) is 7.05 Å². The number of nitrogens with one attached hydrogen (secondary N) is 1. The standard InChI is InChI=1S/C14H23N/c1-11(2)14(10-15-4)9-13-7-5-12(3)6-8-13/h5-8,11,14-15H,9-10H2,1-4H3. The molecule has 1 atom stereocenters. The lowest BCUT2D eigenvalue weighted by Crippen LogP contribution is -2.25. The normalized spacial score (nSPS) is 13.1. The Hall–Kier alpha value is -0.820. The summed E-state index contributed by atoms with van der Waals surface area (Å²) < 4.78 is 0. The molecule has 1 aromatic carbocycles. The molecule has 0 saturated carbocycles. The molecule has 0 bridgehead atoms. The largest absolute Gasteiger partial charge is 0.319 e. The van der Waals surface area contributed by atoms with Gasteiger partial charge in [0.1, 0.15) is 0 Å². The van der Waals surface area contributed by atoms with Gasteiger partial charge in [-0.25, -0.2) is 0 Å². The maximum atomic E-state index is 3.28. The highest BCUT2D eigenvalue weighted by atomic mass is 14.8. The van der Waals surface area contributed by atoms with Crippen LogP contribution in [0.25, 0.3) is 0 Å². The highest BCUT2D eigenvalue weighted by molar-refractivity contribution is 5.21. The minimum Gasteiger partial charge on any atom is -0.319 e. The molecule has 0 spiro atoms. The molecule has 0 aliphatic heterocycles. The van der Waals surface area contributed by atoms with Crippen molar-refractivity contribution in [2.75, 3.05) is 13.6 Å². The molecule has 84 valence electrons. The maximum absolute atomic E-state index is 3.28. The molecule has 1 N–H and O–H groups in total. The first kappa shape index (κ1) is 12.3. The van der Waals surface area contributed by atoms with Crippen LogP contribution in [0, 0.1) is 18.8 Å². The molecule has 1 rings (SSSR count). The van der Waals surface area contributed by atoms with E-state index in [1.54, 1.807) is 0 Å². The van der Waals surface area contributed by atoms with Gasteiger partial charge in [0.2, 0.25) is 0 Å². The van der Waals surface area contributed by atoms with Crippen molar-refractivity contribution in [2.24, 2.45) is 11.8 Å². The van der Waals surface area contributed by atoms with Crippen molar-refractivity contribution < 1.29 is 0 Å². The van der Waals surface area contributed by atoms with Crippen LogP contribution < -0.4 is 5.32 Å². The van der Waals surface area contributed by atoms with E-state index in [0.29, 0.717) is 0 Å². The summed E-state index contributed by atoms with van der Waals surface area (Å²) in [5, 5.41) is 3.28. The minimum absolute atomic E-state index is 0.734. The van der Waals surface area contributed by atoms with E-state index in [-0.39, 0.29) is 0 Å². The number of benzene rings is 1. The van der Waals surface area contributed by atoms with E-state index >= 15 is 0 Å². The van der Waals surface area contributed by atoms with Crippen molar-refractivity contribution >= 4 is 0 Å². The first-order valence-electron chi connectivity index (χ1n) is 5.83. The molecule has 1 aromatic rings. The zero-order valence-corrected chi connectivity index (χ0v) is 10.4. The summed E-state index contributed by atoms with van der Waals surface area (Å²) >= 11 is 0. The van der Waals surface area contributed by atoms with Crippen LogP contribution in [-0.4, -0.2) is 13.6 Å². The molecule has 0 amide bonds. The molecule has 1 nitrogen and oxygen atoms in total. The monoisotopic (exact) mass is 205 g/mol. The fraction of sp³-hybridized carbons (Fsp3) is 0.571. The van der Waals surface area contributed by atoms with Gasteiger partial charge in [-0.15, -0.1) is 0 Å². The van der Waals surface area contributed by atoms with E-state index in [1.165, 1.54) is 17.5 Å². The molecule has 0 fully saturated rings. The van der Waals surface area contributed by atoms with Crippen molar-refractivity contribution in [3.8, 4) is 0 Å². The smallest absolute Gasteiger partial charge is 0.00179 e. The second kappa shape index (κ2) is 5.92. The predicted molar refractivity (Wildman–Crippen MR) is 67.1 cm³/mol. The van der Waals surface area contributed by atoms with Gasteiger partial charge in [0.25, 0.3) is 0 Å². The second-order valence-corrected chi connectivity index (χ2v) is 4.75. The van der Waals surface area contributed by atoms with Gasteiger partial charge in [-0.1, -0.05) is 43.7 Å².